The van der Waals surface area contributed by atoms with E-state index in [1.807, 2.05) is 0 Å². The fraction of sp³-hybridized carbons (Fsp3) is 0.883. The minimum Gasteiger partial charge on any atom is -0.462 e. The largest absolute Gasteiger partial charge is 0.462 e. The Bertz CT molecular complexity index is 1380. The molecule has 0 saturated heterocycles. The molecular weight excluding hydrogens is 1020 g/mol. The maximum absolute atomic E-state index is 13.0. The first kappa shape index (κ1) is 80.6. The van der Waals surface area contributed by atoms with Crippen molar-refractivity contribution in [3.63, 3.8) is 0 Å². The Hall–Kier alpha value is -2.37. The standard InChI is InChI=1S/C77H144O6/c1-4-7-10-13-16-19-22-25-28-31-33-34-35-36-37-38-39-40-41-42-44-46-49-52-55-58-61-64-67-70-76(79)82-73-74(72-81-75(78)69-66-63-60-57-54-51-48-45-30-27-24-21-18-15-12-9-6-3)83-77(80)71-68-65-62-59-56-53-50-47-43-32-29-26-23-20-17-14-11-8-5-2/h18,21,26-27,29-30,74H,4-17,19-20,22-25,28,31-73H2,1-3H3/b21-18-,29-26-,30-27-. The monoisotopic (exact) mass is 1170 g/mol. The van der Waals surface area contributed by atoms with Crippen LogP contribution in [0, 0.1) is 0 Å². The Morgan fingerprint density at radius 3 is 0.699 bits per heavy atom. The van der Waals surface area contributed by atoms with E-state index >= 15 is 0 Å². The molecule has 0 heterocycles. The summed E-state index contributed by atoms with van der Waals surface area (Å²) in [6.07, 6.45) is 90.5. The zero-order valence-corrected chi connectivity index (χ0v) is 56.2. The molecule has 0 aromatic rings. The second-order valence-corrected chi connectivity index (χ2v) is 25.6. The van der Waals surface area contributed by atoms with Crippen LogP contribution in [0.25, 0.3) is 0 Å². The van der Waals surface area contributed by atoms with Gasteiger partial charge in [0.25, 0.3) is 0 Å². The molecule has 1 atom stereocenters. The highest BCUT2D eigenvalue weighted by molar-refractivity contribution is 5.71. The summed E-state index contributed by atoms with van der Waals surface area (Å²) >= 11 is 0. The van der Waals surface area contributed by atoms with Crippen molar-refractivity contribution < 1.29 is 28.6 Å². The third kappa shape index (κ3) is 70.3. The molecule has 0 saturated carbocycles. The molecule has 83 heavy (non-hydrogen) atoms. The van der Waals surface area contributed by atoms with Crippen LogP contribution in [-0.4, -0.2) is 37.2 Å². The van der Waals surface area contributed by atoms with Crippen molar-refractivity contribution in [1.29, 1.82) is 0 Å². The number of allylic oxidation sites excluding steroid dienone is 6. The molecule has 6 nitrogen and oxygen atoms in total. The van der Waals surface area contributed by atoms with Crippen LogP contribution in [-0.2, 0) is 28.6 Å². The first-order valence-corrected chi connectivity index (χ1v) is 37.5. The highest BCUT2D eigenvalue weighted by atomic mass is 16.6. The maximum Gasteiger partial charge on any atom is 0.306 e. The summed E-state index contributed by atoms with van der Waals surface area (Å²) in [5.41, 5.74) is 0. The third-order valence-electron chi connectivity index (χ3n) is 17.1. The molecule has 488 valence electrons. The van der Waals surface area contributed by atoms with E-state index in [0.29, 0.717) is 19.3 Å². The zero-order chi connectivity index (χ0) is 59.9. The number of hydrogen-bond donors (Lipinski definition) is 0. The summed E-state index contributed by atoms with van der Waals surface area (Å²) in [6, 6.07) is 0. The Kier molecular flexibility index (Phi) is 70.0. The van der Waals surface area contributed by atoms with Gasteiger partial charge in [0.2, 0.25) is 0 Å². The van der Waals surface area contributed by atoms with Crippen molar-refractivity contribution >= 4 is 17.9 Å². The van der Waals surface area contributed by atoms with E-state index in [0.717, 1.165) is 70.6 Å². The Balaban J connectivity index is 4.22. The number of carbonyl (C=O) groups excluding carboxylic acids is 3. The molecule has 0 N–H and O–H groups in total. The first-order valence-electron chi connectivity index (χ1n) is 37.5. The van der Waals surface area contributed by atoms with Crippen LogP contribution in [0.4, 0.5) is 0 Å². The summed E-state index contributed by atoms with van der Waals surface area (Å²) in [4.78, 5) is 38.5. The number of rotatable bonds is 70. The summed E-state index contributed by atoms with van der Waals surface area (Å²) in [7, 11) is 0. The summed E-state index contributed by atoms with van der Waals surface area (Å²) in [5.74, 6) is -0.850. The third-order valence-corrected chi connectivity index (χ3v) is 17.1. The van der Waals surface area contributed by atoms with Crippen molar-refractivity contribution in [3.8, 4) is 0 Å². The van der Waals surface area contributed by atoms with E-state index < -0.39 is 6.10 Å². The number of esters is 3. The summed E-state index contributed by atoms with van der Waals surface area (Å²) in [5, 5.41) is 0. The average Bonchev–Trinajstić information content (AvgIpc) is 3.50. The predicted molar refractivity (Wildman–Crippen MR) is 362 cm³/mol. The van der Waals surface area contributed by atoms with Crippen molar-refractivity contribution in [3.05, 3.63) is 36.5 Å². The van der Waals surface area contributed by atoms with Gasteiger partial charge in [0.15, 0.2) is 6.10 Å². The van der Waals surface area contributed by atoms with Gasteiger partial charge in [-0.1, -0.05) is 359 Å². The van der Waals surface area contributed by atoms with Gasteiger partial charge in [-0.05, 0) is 77.0 Å². The van der Waals surface area contributed by atoms with E-state index in [4.69, 9.17) is 14.2 Å². The molecule has 0 aromatic carbocycles. The molecule has 0 radical (unpaired) electrons. The number of carbonyl (C=O) groups is 3. The van der Waals surface area contributed by atoms with Gasteiger partial charge in [-0.2, -0.15) is 0 Å². The van der Waals surface area contributed by atoms with Crippen LogP contribution >= 0.6 is 0 Å². The highest BCUT2D eigenvalue weighted by Gasteiger charge is 2.20. The normalized spacial score (nSPS) is 12.2. The molecule has 6 heteroatoms. The Morgan fingerprint density at radius 1 is 0.241 bits per heavy atom. The van der Waals surface area contributed by atoms with Gasteiger partial charge in [-0.25, -0.2) is 0 Å². The van der Waals surface area contributed by atoms with Crippen LogP contribution < -0.4 is 0 Å². The minimum atomic E-state index is -0.776. The zero-order valence-electron chi connectivity index (χ0n) is 56.2. The van der Waals surface area contributed by atoms with E-state index in [-0.39, 0.29) is 31.1 Å². The average molecular weight is 1170 g/mol. The molecule has 0 aliphatic carbocycles. The van der Waals surface area contributed by atoms with Gasteiger partial charge in [0.05, 0.1) is 0 Å². The lowest BCUT2D eigenvalue weighted by Gasteiger charge is -2.18. The van der Waals surface area contributed by atoms with Gasteiger partial charge in [-0.3, -0.25) is 14.4 Å². The molecule has 0 aliphatic heterocycles. The fourth-order valence-corrected chi connectivity index (χ4v) is 11.5. The van der Waals surface area contributed by atoms with Gasteiger partial charge < -0.3 is 14.2 Å². The lowest BCUT2D eigenvalue weighted by atomic mass is 10.0. The minimum absolute atomic E-state index is 0.0706. The first-order chi connectivity index (χ1) is 41.0. The lowest BCUT2D eigenvalue weighted by Crippen LogP contribution is -2.30. The van der Waals surface area contributed by atoms with Gasteiger partial charge in [0, 0.05) is 19.3 Å². The molecule has 0 aromatic heterocycles. The van der Waals surface area contributed by atoms with Crippen molar-refractivity contribution in [2.75, 3.05) is 13.2 Å². The van der Waals surface area contributed by atoms with Crippen LogP contribution in [0.1, 0.15) is 419 Å². The lowest BCUT2D eigenvalue weighted by molar-refractivity contribution is -0.167. The van der Waals surface area contributed by atoms with Crippen LogP contribution in [0.2, 0.25) is 0 Å². The molecule has 0 aliphatic rings. The van der Waals surface area contributed by atoms with Crippen molar-refractivity contribution in [1.82, 2.24) is 0 Å². The summed E-state index contributed by atoms with van der Waals surface area (Å²) < 4.78 is 17.0. The van der Waals surface area contributed by atoms with Crippen molar-refractivity contribution in [2.24, 2.45) is 0 Å². The topological polar surface area (TPSA) is 78.9 Å². The van der Waals surface area contributed by atoms with E-state index in [1.54, 1.807) is 0 Å². The Labute approximate surface area is 518 Å². The summed E-state index contributed by atoms with van der Waals surface area (Å²) in [6.45, 7) is 6.69. The Morgan fingerprint density at radius 2 is 0.434 bits per heavy atom. The van der Waals surface area contributed by atoms with Crippen LogP contribution in [0.3, 0.4) is 0 Å². The fourth-order valence-electron chi connectivity index (χ4n) is 11.5. The number of hydrogen-bond acceptors (Lipinski definition) is 6. The van der Waals surface area contributed by atoms with Gasteiger partial charge >= 0.3 is 17.9 Å². The van der Waals surface area contributed by atoms with Crippen molar-refractivity contribution in [2.45, 2.75) is 425 Å². The molecule has 0 fully saturated rings. The van der Waals surface area contributed by atoms with E-state index in [1.165, 1.54) is 308 Å². The maximum atomic E-state index is 13.0. The van der Waals surface area contributed by atoms with Gasteiger partial charge in [-0.15, -0.1) is 0 Å². The van der Waals surface area contributed by atoms with Crippen LogP contribution in [0.15, 0.2) is 36.5 Å². The molecule has 0 bridgehead atoms. The smallest absolute Gasteiger partial charge is 0.306 e. The molecular formula is C77H144O6. The molecule has 0 amide bonds. The number of unbranched alkanes of at least 4 members (excludes halogenated alkanes) is 53. The quantitative estimate of drug-likeness (QED) is 0.0261. The number of ether oxygens (including phenoxy) is 3. The second kappa shape index (κ2) is 72.1. The second-order valence-electron chi connectivity index (χ2n) is 25.6. The van der Waals surface area contributed by atoms with Gasteiger partial charge in [0.1, 0.15) is 13.2 Å². The molecule has 0 spiro atoms. The molecule has 0 rings (SSSR count). The SMILES string of the molecule is CCCCC/C=C\C/C=C\CCCCCCCCCC(=O)OCC(COC(=O)CCCCCCCCCCCCCCCCCCCCCCCCCCCCCCC)OC(=O)CCCCCCCCCCC/C=C\CCCCCCCC. The van der Waals surface area contributed by atoms with Crippen LogP contribution in [0.5, 0.6) is 0 Å². The predicted octanol–water partition coefficient (Wildman–Crippen LogP) is 25.9. The highest BCUT2D eigenvalue weighted by Crippen LogP contribution is 2.19. The molecule has 1 unspecified atom stereocenters. The van der Waals surface area contributed by atoms with E-state index in [9.17, 15) is 14.4 Å². The van der Waals surface area contributed by atoms with E-state index in [2.05, 4.69) is 57.2 Å².